The quantitative estimate of drug-likeness (QED) is 0.687. The first kappa shape index (κ1) is 15.9. The number of hydrogen-bond acceptors (Lipinski definition) is 4. The van der Waals surface area contributed by atoms with Crippen molar-refractivity contribution in [1.82, 2.24) is 10.2 Å². The molecule has 1 aliphatic rings. The first-order valence-electron chi connectivity index (χ1n) is 7.33. The molecule has 108 valence electrons. The zero-order chi connectivity index (χ0) is 13.4. The van der Waals surface area contributed by atoms with Crippen molar-refractivity contribution in [2.75, 3.05) is 39.4 Å². The van der Waals surface area contributed by atoms with Gasteiger partial charge < -0.3 is 20.1 Å². The Kier molecular flexibility index (Phi) is 7.15. The second-order valence-electron chi connectivity index (χ2n) is 5.50. The molecule has 4 nitrogen and oxygen atoms in total. The van der Waals surface area contributed by atoms with Gasteiger partial charge in [-0.1, -0.05) is 6.92 Å². The van der Waals surface area contributed by atoms with Crippen LogP contribution in [0.1, 0.15) is 40.0 Å². The molecule has 0 saturated carbocycles. The molecule has 0 bridgehead atoms. The van der Waals surface area contributed by atoms with Gasteiger partial charge in [0.15, 0.2) is 0 Å². The van der Waals surface area contributed by atoms with E-state index in [0.717, 1.165) is 52.0 Å². The van der Waals surface area contributed by atoms with E-state index in [0.29, 0.717) is 6.10 Å². The largest absolute Gasteiger partial charge is 0.394 e. The van der Waals surface area contributed by atoms with Crippen LogP contribution in [0.15, 0.2) is 0 Å². The molecule has 18 heavy (non-hydrogen) atoms. The Labute approximate surface area is 112 Å². The molecule has 1 heterocycles. The van der Waals surface area contributed by atoms with Crippen LogP contribution in [0.3, 0.4) is 0 Å². The standard InChI is InChI=1S/C14H30N2O2/c1-4-15-14(3,12-17)8-11-16-9-6-13(7-10-16)18-5-2/h13,15,17H,4-12H2,1-3H3. The van der Waals surface area contributed by atoms with Gasteiger partial charge in [0.05, 0.1) is 12.7 Å². The lowest BCUT2D eigenvalue weighted by atomic mass is 9.97. The Hall–Kier alpha value is -0.160. The maximum atomic E-state index is 9.46. The third kappa shape index (κ3) is 5.22. The Balaban J connectivity index is 2.24. The van der Waals surface area contributed by atoms with Crippen LogP contribution in [0.2, 0.25) is 0 Å². The van der Waals surface area contributed by atoms with Gasteiger partial charge in [0.2, 0.25) is 0 Å². The summed E-state index contributed by atoms with van der Waals surface area (Å²) in [5, 5.41) is 12.8. The molecule has 2 N–H and O–H groups in total. The van der Waals surface area contributed by atoms with E-state index in [1.54, 1.807) is 0 Å². The van der Waals surface area contributed by atoms with E-state index in [9.17, 15) is 5.11 Å². The molecule has 0 aromatic rings. The number of aliphatic hydroxyl groups is 1. The third-order valence-electron chi connectivity index (χ3n) is 3.87. The molecule has 0 amide bonds. The molecular formula is C14H30N2O2. The summed E-state index contributed by atoms with van der Waals surface area (Å²) in [5.74, 6) is 0. The van der Waals surface area contributed by atoms with E-state index < -0.39 is 0 Å². The van der Waals surface area contributed by atoms with Crippen molar-refractivity contribution in [2.24, 2.45) is 0 Å². The topological polar surface area (TPSA) is 44.7 Å². The van der Waals surface area contributed by atoms with Gasteiger partial charge in [-0.3, -0.25) is 0 Å². The number of hydrogen-bond donors (Lipinski definition) is 2. The van der Waals surface area contributed by atoms with Crippen molar-refractivity contribution in [3.05, 3.63) is 0 Å². The van der Waals surface area contributed by atoms with Crippen molar-refractivity contribution in [3.63, 3.8) is 0 Å². The van der Waals surface area contributed by atoms with Crippen LogP contribution in [0.25, 0.3) is 0 Å². The highest BCUT2D eigenvalue weighted by molar-refractivity contribution is 4.84. The summed E-state index contributed by atoms with van der Waals surface area (Å²) in [6.07, 6.45) is 3.75. The van der Waals surface area contributed by atoms with Crippen molar-refractivity contribution in [1.29, 1.82) is 0 Å². The third-order valence-corrected chi connectivity index (χ3v) is 3.87. The van der Waals surface area contributed by atoms with Crippen LogP contribution in [0.4, 0.5) is 0 Å². The molecule has 0 aromatic heterocycles. The Morgan fingerprint density at radius 1 is 1.33 bits per heavy atom. The van der Waals surface area contributed by atoms with Crippen molar-refractivity contribution in [3.8, 4) is 0 Å². The minimum Gasteiger partial charge on any atom is -0.394 e. The molecule has 0 radical (unpaired) electrons. The van der Waals surface area contributed by atoms with E-state index in [-0.39, 0.29) is 12.1 Å². The summed E-state index contributed by atoms with van der Waals surface area (Å²) in [4.78, 5) is 2.49. The first-order chi connectivity index (χ1) is 8.63. The van der Waals surface area contributed by atoms with Crippen molar-refractivity contribution >= 4 is 0 Å². The number of nitrogens with one attached hydrogen (secondary N) is 1. The second kappa shape index (κ2) is 8.10. The SMILES string of the molecule is CCNC(C)(CO)CCN1CCC(OCC)CC1. The Morgan fingerprint density at radius 2 is 2.00 bits per heavy atom. The lowest BCUT2D eigenvalue weighted by Gasteiger charge is -2.35. The molecule has 1 fully saturated rings. The van der Waals surface area contributed by atoms with E-state index in [4.69, 9.17) is 4.74 Å². The highest BCUT2D eigenvalue weighted by Crippen LogP contribution is 2.16. The highest BCUT2D eigenvalue weighted by Gasteiger charge is 2.25. The Bertz CT molecular complexity index is 218. The number of ether oxygens (including phenoxy) is 1. The summed E-state index contributed by atoms with van der Waals surface area (Å²) >= 11 is 0. The molecular weight excluding hydrogens is 228 g/mol. The fourth-order valence-electron chi connectivity index (χ4n) is 2.59. The second-order valence-corrected chi connectivity index (χ2v) is 5.50. The zero-order valence-corrected chi connectivity index (χ0v) is 12.2. The molecule has 0 aliphatic carbocycles. The molecule has 1 unspecified atom stereocenters. The van der Waals surface area contributed by atoms with E-state index >= 15 is 0 Å². The number of likely N-dealkylation sites (tertiary alicyclic amines) is 1. The Morgan fingerprint density at radius 3 is 2.50 bits per heavy atom. The summed E-state index contributed by atoms with van der Waals surface area (Å²) in [6.45, 7) is 11.5. The minimum atomic E-state index is -0.133. The van der Waals surface area contributed by atoms with Gasteiger partial charge in [-0.2, -0.15) is 0 Å². The molecule has 1 atom stereocenters. The van der Waals surface area contributed by atoms with Gasteiger partial charge in [-0.25, -0.2) is 0 Å². The number of nitrogens with zero attached hydrogens (tertiary/aromatic N) is 1. The lowest BCUT2D eigenvalue weighted by Crippen LogP contribution is -2.49. The number of likely N-dealkylation sites (N-methyl/N-ethyl adjacent to an activating group) is 1. The van der Waals surface area contributed by atoms with Crippen LogP contribution in [-0.4, -0.2) is 61.0 Å². The van der Waals surface area contributed by atoms with Crippen LogP contribution in [0, 0.1) is 0 Å². The van der Waals surface area contributed by atoms with Crippen LogP contribution in [-0.2, 0) is 4.74 Å². The average molecular weight is 258 g/mol. The van der Waals surface area contributed by atoms with Crippen LogP contribution >= 0.6 is 0 Å². The summed E-state index contributed by atoms with van der Waals surface area (Å²) in [7, 11) is 0. The maximum Gasteiger partial charge on any atom is 0.0611 e. The van der Waals surface area contributed by atoms with Gasteiger partial charge in [-0.15, -0.1) is 0 Å². The molecule has 0 spiro atoms. The molecule has 1 saturated heterocycles. The van der Waals surface area contributed by atoms with E-state index in [1.807, 2.05) is 0 Å². The van der Waals surface area contributed by atoms with Crippen LogP contribution in [0.5, 0.6) is 0 Å². The lowest BCUT2D eigenvalue weighted by molar-refractivity contribution is 0.0117. The predicted octanol–water partition coefficient (Wildman–Crippen LogP) is 1.24. The van der Waals surface area contributed by atoms with E-state index in [1.165, 1.54) is 0 Å². The molecule has 1 aliphatic heterocycles. The smallest absolute Gasteiger partial charge is 0.0611 e. The maximum absolute atomic E-state index is 9.46. The van der Waals surface area contributed by atoms with Gasteiger partial charge in [0, 0.05) is 25.2 Å². The molecule has 4 heteroatoms. The fraction of sp³-hybridized carbons (Fsp3) is 1.00. The van der Waals surface area contributed by atoms with Gasteiger partial charge >= 0.3 is 0 Å². The van der Waals surface area contributed by atoms with Gasteiger partial charge in [0.25, 0.3) is 0 Å². The van der Waals surface area contributed by atoms with E-state index in [2.05, 4.69) is 31.0 Å². The summed E-state index contributed by atoms with van der Waals surface area (Å²) < 4.78 is 5.66. The summed E-state index contributed by atoms with van der Waals surface area (Å²) in [6, 6.07) is 0. The number of piperidine rings is 1. The summed E-state index contributed by atoms with van der Waals surface area (Å²) in [5.41, 5.74) is -0.133. The molecule has 0 aromatic carbocycles. The average Bonchev–Trinajstić information content (AvgIpc) is 2.39. The zero-order valence-electron chi connectivity index (χ0n) is 12.2. The predicted molar refractivity (Wildman–Crippen MR) is 74.9 cm³/mol. The van der Waals surface area contributed by atoms with Crippen molar-refractivity contribution in [2.45, 2.75) is 51.7 Å². The molecule has 1 rings (SSSR count). The monoisotopic (exact) mass is 258 g/mol. The van der Waals surface area contributed by atoms with Gasteiger partial charge in [-0.05, 0) is 46.2 Å². The van der Waals surface area contributed by atoms with Crippen molar-refractivity contribution < 1.29 is 9.84 Å². The fourth-order valence-corrected chi connectivity index (χ4v) is 2.59. The number of rotatable bonds is 8. The number of aliphatic hydroxyl groups excluding tert-OH is 1. The highest BCUT2D eigenvalue weighted by atomic mass is 16.5. The van der Waals surface area contributed by atoms with Gasteiger partial charge in [0.1, 0.15) is 0 Å². The minimum absolute atomic E-state index is 0.133. The first-order valence-corrected chi connectivity index (χ1v) is 7.33. The van der Waals surface area contributed by atoms with Crippen LogP contribution < -0.4 is 5.32 Å². The normalized spacial score (nSPS) is 22.0.